The summed E-state index contributed by atoms with van der Waals surface area (Å²) >= 11 is 1.54. The van der Waals surface area contributed by atoms with Gasteiger partial charge in [0.1, 0.15) is 5.75 Å². The molecule has 0 amide bonds. The Morgan fingerprint density at radius 3 is 2.80 bits per heavy atom. The molecule has 0 saturated carbocycles. The van der Waals surface area contributed by atoms with Crippen LogP contribution in [0.25, 0.3) is 0 Å². The van der Waals surface area contributed by atoms with Crippen LogP contribution in [-0.4, -0.2) is 39.6 Å². The van der Waals surface area contributed by atoms with Gasteiger partial charge in [0.25, 0.3) is 0 Å². The summed E-state index contributed by atoms with van der Waals surface area (Å²) in [6.45, 7) is 4.81. The third-order valence-corrected chi connectivity index (χ3v) is 5.20. The number of aromatic nitrogens is 1. The van der Waals surface area contributed by atoms with Crippen molar-refractivity contribution in [3.8, 4) is 5.75 Å². The number of ether oxygens (including phenoxy) is 1. The van der Waals surface area contributed by atoms with Gasteiger partial charge in [-0.15, -0.1) is 6.58 Å². The van der Waals surface area contributed by atoms with Crippen molar-refractivity contribution in [2.24, 2.45) is 4.99 Å². The van der Waals surface area contributed by atoms with E-state index < -0.39 is 5.72 Å². The highest BCUT2D eigenvalue weighted by atomic mass is 32.2. The Kier molecular flexibility index (Phi) is 5.40. The SMILES string of the molecule is C=CCN1C(=NCc2ccccn2)SCC1(O)c1ccc(OC)cc1. The van der Waals surface area contributed by atoms with Crippen molar-refractivity contribution in [2.45, 2.75) is 12.3 Å². The van der Waals surface area contributed by atoms with Crippen LogP contribution in [0.15, 0.2) is 66.3 Å². The van der Waals surface area contributed by atoms with E-state index in [9.17, 15) is 5.11 Å². The second kappa shape index (κ2) is 7.72. The first kappa shape index (κ1) is 17.5. The fourth-order valence-electron chi connectivity index (χ4n) is 2.71. The normalized spacial score (nSPS) is 21.5. The number of benzene rings is 1. The molecule has 1 fully saturated rings. The molecule has 2 aromatic rings. The van der Waals surface area contributed by atoms with Gasteiger partial charge in [0.2, 0.25) is 0 Å². The molecule has 0 bridgehead atoms. The Bertz CT molecular complexity index is 749. The minimum Gasteiger partial charge on any atom is -0.497 e. The molecular formula is C19H21N3O2S. The highest BCUT2D eigenvalue weighted by Crippen LogP contribution is 2.39. The van der Waals surface area contributed by atoms with Crippen molar-refractivity contribution in [3.63, 3.8) is 0 Å². The van der Waals surface area contributed by atoms with Crippen LogP contribution in [0, 0.1) is 0 Å². The Labute approximate surface area is 152 Å². The first-order chi connectivity index (χ1) is 12.2. The Balaban J connectivity index is 1.86. The molecule has 1 atom stereocenters. The fraction of sp³-hybridized carbons (Fsp3) is 0.263. The van der Waals surface area contributed by atoms with Gasteiger partial charge in [-0.05, 0) is 24.3 Å². The van der Waals surface area contributed by atoms with Crippen molar-refractivity contribution >= 4 is 16.9 Å². The highest BCUT2D eigenvalue weighted by molar-refractivity contribution is 8.14. The minimum absolute atomic E-state index is 0.482. The summed E-state index contributed by atoms with van der Waals surface area (Å²) in [5.74, 6) is 1.27. The van der Waals surface area contributed by atoms with Crippen molar-refractivity contribution in [2.75, 3.05) is 19.4 Å². The van der Waals surface area contributed by atoms with Crippen molar-refractivity contribution in [1.82, 2.24) is 9.88 Å². The van der Waals surface area contributed by atoms with E-state index in [4.69, 9.17) is 4.74 Å². The number of aliphatic imine (C=N–C) groups is 1. The number of rotatable bonds is 6. The quantitative estimate of drug-likeness (QED) is 0.807. The van der Waals surface area contributed by atoms with Crippen LogP contribution in [-0.2, 0) is 12.3 Å². The highest BCUT2D eigenvalue weighted by Gasteiger charge is 2.44. The molecule has 1 saturated heterocycles. The summed E-state index contributed by atoms with van der Waals surface area (Å²) < 4.78 is 5.20. The number of thioether (sulfide) groups is 1. The molecule has 1 aromatic heterocycles. The fourth-order valence-corrected chi connectivity index (χ4v) is 3.90. The van der Waals surface area contributed by atoms with Crippen LogP contribution in [0.5, 0.6) is 5.75 Å². The standard InChI is InChI=1S/C19H21N3O2S/c1-3-12-22-18(21-13-16-6-4-5-11-20-16)25-14-19(22,23)15-7-9-17(24-2)10-8-15/h3-11,23H,1,12-14H2,2H3. The lowest BCUT2D eigenvalue weighted by molar-refractivity contribution is -0.0423. The van der Waals surface area contributed by atoms with Crippen LogP contribution < -0.4 is 4.74 Å². The van der Waals surface area contributed by atoms with Gasteiger partial charge < -0.3 is 14.7 Å². The van der Waals surface area contributed by atoms with E-state index in [-0.39, 0.29) is 0 Å². The molecule has 0 aliphatic carbocycles. The zero-order valence-electron chi connectivity index (χ0n) is 14.1. The molecule has 1 N–H and O–H groups in total. The van der Waals surface area contributed by atoms with Crippen LogP contribution in [0.4, 0.5) is 0 Å². The average molecular weight is 355 g/mol. The lowest BCUT2D eigenvalue weighted by Gasteiger charge is -2.34. The van der Waals surface area contributed by atoms with Crippen molar-refractivity contribution in [3.05, 3.63) is 72.6 Å². The molecule has 1 aliphatic heterocycles. The maximum atomic E-state index is 11.3. The lowest BCUT2D eigenvalue weighted by Crippen LogP contribution is -2.45. The smallest absolute Gasteiger partial charge is 0.175 e. The third kappa shape index (κ3) is 3.70. The van der Waals surface area contributed by atoms with E-state index in [1.807, 2.05) is 47.4 Å². The van der Waals surface area contributed by atoms with E-state index in [2.05, 4.69) is 16.6 Å². The van der Waals surface area contributed by atoms with Gasteiger partial charge in [-0.25, -0.2) is 0 Å². The van der Waals surface area contributed by atoms with Gasteiger partial charge >= 0.3 is 0 Å². The predicted octanol–water partition coefficient (Wildman–Crippen LogP) is 3.03. The second-order valence-electron chi connectivity index (χ2n) is 5.65. The van der Waals surface area contributed by atoms with Gasteiger partial charge in [-0.2, -0.15) is 0 Å². The van der Waals surface area contributed by atoms with Gasteiger partial charge in [0.15, 0.2) is 10.9 Å². The zero-order valence-corrected chi connectivity index (χ0v) is 14.9. The summed E-state index contributed by atoms with van der Waals surface area (Å²) in [5, 5.41) is 12.1. The van der Waals surface area contributed by atoms with Crippen LogP contribution in [0.2, 0.25) is 0 Å². The third-order valence-electron chi connectivity index (χ3n) is 4.05. The summed E-state index contributed by atoms with van der Waals surface area (Å²) in [4.78, 5) is 10.8. The number of amidine groups is 1. The first-order valence-corrected chi connectivity index (χ1v) is 8.98. The van der Waals surface area contributed by atoms with Gasteiger partial charge in [0, 0.05) is 18.3 Å². The summed E-state index contributed by atoms with van der Waals surface area (Å²) in [6.07, 6.45) is 3.53. The largest absolute Gasteiger partial charge is 0.497 e. The number of hydrogen-bond acceptors (Lipinski definition) is 5. The van der Waals surface area contributed by atoms with Crippen LogP contribution >= 0.6 is 11.8 Å². The van der Waals surface area contributed by atoms with Crippen LogP contribution in [0.3, 0.4) is 0 Å². The molecule has 5 nitrogen and oxygen atoms in total. The topological polar surface area (TPSA) is 58.0 Å². The summed E-state index contributed by atoms with van der Waals surface area (Å²) in [5.41, 5.74) is 0.591. The first-order valence-electron chi connectivity index (χ1n) is 8.00. The molecular weight excluding hydrogens is 334 g/mol. The number of hydrogen-bond donors (Lipinski definition) is 1. The van der Waals surface area contributed by atoms with Crippen molar-refractivity contribution in [1.29, 1.82) is 0 Å². The second-order valence-corrected chi connectivity index (χ2v) is 6.60. The van der Waals surface area contributed by atoms with E-state index in [0.717, 1.165) is 22.2 Å². The Hall–Kier alpha value is -2.31. The molecule has 1 aromatic carbocycles. The van der Waals surface area contributed by atoms with Crippen molar-refractivity contribution < 1.29 is 9.84 Å². The van der Waals surface area contributed by atoms with E-state index in [1.165, 1.54) is 0 Å². The Morgan fingerprint density at radius 2 is 2.16 bits per heavy atom. The van der Waals surface area contributed by atoms with Crippen LogP contribution in [0.1, 0.15) is 11.3 Å². The minimum atomic E-state index is -1.12. The maximum Gasteiger partial charge on any atom is 0.175 e. The number of aliphatic hydroxyl groups is 1. The number of methoxy groups -OCH3 is 1. The molecule has 25 heavy (non-hydrogen) atoms. The lowest BCUT2D eigenvalue weighted by atomic mass is 10.0. The molecule has 0 spiro atoms. The molecule has 3 rings (SSSR count). The molecule has 0 radical (unpaired) electrons. The zero-order chi connectivity index (χ0) is 17.7. The van der Waals surface area contributed by atoms with Gasteiger partial charge in [-0.1, -0.05) is 36.0 Å². The molecule has 2 heterocycles. The maximum absolute atomic E-state index is 11.3. The predicted molar refractivity (Wildman–Crippen MR) is 102 cm³/mol. The molecule has 1 aliphatic rings. The van der Waals surface area contributed by atoms with E-state index in [1.54, 1.807) is 31.1 Å². The molecule has 6 heteroatoms. The summed E-state index contributed by atoms with van der Waals surface area (Å²) in [6, 6.07) is 13.2. The molecule has 1 unspecified atom stereocenters. The average Bonchev–Trinajstić information content (AvgIpc) is 2.98. The Morgan fingerprint density at radius 1 is 1.36 bits per heavy atom. The monoisotopic (exact) mass is 355 g/mol. The number of pyridine rings is 1. The summed E-state index contributed by atoms with van der Waals surface area (Å²) in [7, 11) is 1.63. The van der Waals surface area contributed by atoms with Gasteiger partial charge in [0.05, 0.1) is 25.1 Å². The van der Waals surface area contributed by atoms with Gasteiger partial charge in [-0.3, -0.25) is 9.98 Å². The molecule has 130 valence electrons. The number of nitrogens with zero attached hydrogens (tertiary/aromatic N) is 3. The van der Waals surface area contributed by atoms with E-state index in [0.29, 0.717) is 18.8 Å². The van der Waals surface area contributed by atoms with E-state index >= 15 is 0 Å².